The largest absolute Gasteiger partial charge is 0.289 e. The summed E-state index contributed by atoms with van der Waals surface area (Å²) >= 11 is 0. The SMILES string of the molecule is N#CC1C(=O)NN=C1C(=O)NN. The van der Waals surface area contributed by atoms with E-state index in [0.717, 1.165) is 0 Å². The molecule has 0 fully saturated rings. The molecule has 1 aliphatic heterocycles. The Hall–Kier alpha value is -1.94. The number of rotatable bonds is 1. The number of hydrogen-bond acceptors (Lipinski definition) is 5. The van der Waals surface area contributed by atoms with E-state index in [1.54, 1.807) is 11.5 Å². The quantitative estimate of drug-likeness (QED) is 0.229. The van der Waals surface area contributed by atoms with Crippen LogP contribution in [0, 0.1) is 17.2 Å². The van der Waals surface area contributed by atoms with Crippen LogP contribution in [0.5, 0.6) is 0 Å². The second kappa shape index (κ2) is 2.98. The van der Waals surface area contributed by atoms with Crippen molar-refractivity contribution in [1.29, 1.82) is 5.26 Å². The molecular formula is C5H5N5O2. The predicted octanol–water partition coefficient (Wildman–Crippen LogP) is -2.40. The molecule has 0 aromatic heterocycles. The standard InChI is InChI=1S/C5H5N5O2/c6-1-2-3(5(12)8-7)9-10-4(2)11/h2H,7H2,(H,8,12)(H,10,11). The highest BCUT2D eigenvalue weighted by Crippen LogP contribution is 2.04. The van der Waals surface area contributed by atoms with Crippen molar-refractivity contribution in [2.45, 2.75) is 0 Å². The number of hydrazone groups is 1. The summed E-state index contributed by atoms with van der Waals surface area (Å²) in [5.41, 5.74) is 3.57. The third-order valence-corrected chi connectivity index (χ3v) is 1.32. The average molecular weight is 167 g/mol. The Morgan fingerprint density at radius 3 is 3.00 bits per heavy atom. The minimum atomic E-state index is -1.16. The summed E-state index contributed by atoms with van der Waals surface area (Å²) in [6, 6.07) is 1.62. The fraction of sp³-hybridized carbons (Fsp3) is 0.200. The molecule has 0 saturated carbocycles. The molecule has 0 radical (unpaired) electrons. The smallest absolute Gasteiger partial charge is 0.283 e. The van der Waals surface area contributed by atoms with Crippen LogP contribution in [0.3, 0.4) is 0 Å². The van der Waals surface area contributed by atoms with E-state index < -0.39 is 17.7 Å². The van der Waals surface area contributed by atoms with E-state index >= 15 is 0 Å². The van der Waals surface area contributed by atoms with Crippen LogP contribution in [0.15, 0.2) is 5.10 Å². The second-order valence-electron chi connectivity index (χ2n) is 2.01. The molecule has 0 aliphatic carbocycles. The van der Waals surface area contributed by atoms with E-state index in [4.69, 9.17) is 11.1 Å². The van der Waals surface area contributed by atoms with Crippen molar-refractivity contribution in [3.8, 4) is 6.07 Å². The number of nitrogens with two attached hydrogens (primary N) is 1. The molecule has 1 aliphatic rings. The molecule has 7 heteroatoms. The Labute approximate surface area is 67.2 Å². The molecule has 12 heavy (non-hydrogen) atoms. The number of carbonyl (C=O) groups is 2. The van der Waals surface area contributed by atoms with Crippen LogP contribution in [0.1, 0.15) is 0 Å². The van der Waals surface area contributed by atoms with Crippen LogP contribution in [-0.4, -0.2) is 17.5 Å². The van der Waals surface area contributed by atoms with Crippen LogP contribution in [0.25, 0.3) is 0 Å². The number of carbonyl (C=O) groups excluding carboxylic acids is 2. The molecule has 62 valence electrons. The first-order valence-corrected chi connectivity index (χ1v) is 2.98. The zero-order valence-corrected chi connectivity index (χ0v) is 5.87. The maximum Gasteiger partial charge on any atom is 0.283 e. The van der Waals surface area contributed by atoms with Crippen LogP contribution in [0.2, 0.25) is 0 Å². The fourth-order valence-electron chi connectivity index (χ4n) is 0.744. The monoisotopic (exact) mass is 167 g/mol. The fourth-order valence-corrected chi connectivity index (χ4v) is 0.744. The van der Waals surface area contributed by atoms with Crippen LogP contribution < -0.4 is 16.7 Å². The van der Waals surface area contributed by atoms with Gasteiger partial charge in [0.1, 0.15) is 0 Å². The number of nitriles is 1. The lowest BCUT2D eigenvalue weighted by molar-refractivity contribution is -0.121. The first kappa shape index (κ1) is 8.16. The minimum absolute atomic E-state index is 0.204. The van der Waals surface area contributed by atoms with Gasteiger partial charge in [-0.25, -0.2) is 11.3 Å². The van der Waals surface area contributed by atoms with E-state index in [0.29, 0.717) is 0 Å². The number of hydrazine groups is 1. The highest BCUT2D eigenvalue weighted by atomic mass is 16.2. The molecule has 0 bridgehead atoms. The Morgan fingerprint density at radius 2 is 2.50 bits per heavy atom. The van der Waals surface area contributed by atoms with Gasteiger partial charge in [0, 0.05) is 0 Å². The minimum Gasteiger partial charge on any atom is -0.289 e. The molecule has 0 spiro atoms. The van der Waals surface area contributed by atoms with Gasteiger partial charge in [0.25, 0.3) is 11.8 Å². The molecule has 0 aromatic rings. The van der Waals surface area contributed by atoms with E-state index in [-0.39, 0.29) is 5.71 Å². The van der Waals surface area contributed by atoms with Gasteiger partial charge in [0.05, 0.1) is 6.07 Å². The molecular weight excluding hydrogens is 162 g/mol. The zero-order chi connectivity index (χ0) is 9.14. The summed E-state index contributed by atoms with van der Waals surface area (Å²) in [6.07, 6.45) is 0. The molecule has 1 unspecified atom stereocenters. The Bertz CT molecular complexity index is 301. The van der Waals surface area contributed by atoms with Gasteiger partial charge in [0.2, 0.25) is 0 Å². The summed E-state index contributed by atoms with van der Waals surface area (Å²) in [7, 11) is 0. The van der Waals surface area contributed by atoms with Gasteiger partial charge in [-0.05, 0) is 0 Å². The molecule has 0 aromatic carbocycles. The van der Waals surface area contributed by atoms with Crippen molar-refractivity contribution in [3.63, 3.8) is 0 Å². The highest BCUT2D eigenvalue weighted by molar-refractivity contribution is 6.44. The number of nitrogens with one attached hydrogen (secondary N) is 2. The van der Waals surface area contributed by atoms with Crippen molar-refractivity contribution in [2.75, 3.05) is 0 Å². The van der Waals surface area contributed by atoms with Gasteiger partial charge in [-0.15, -0.1) is 0 Å². The Morgan fingerprint density at radius 1 is 1.83 bits per heavy atom. The van der Waals surface area contributed by atoms with Crippen molar-refractivity contribution in [3.05, 3.63) is 0 Å². The maximum atomic E-state index is 10.8. The van der Waals surface area contributed by atoms with Crippen molar-refractivity contribution in [1.82, 2.24) is 10.9 Å². The lowest BCUT2D eigenvalue weighted by Crippen LogP contribution is -2.39. The van der Waals surface area contributed by atoms with Crippen LogP contribution in [-0.2, 0) is 9.59 Å². The van der Waals surface area contributed by atoms with E-state index in [1.807, 2.05) is 5.43 Å². The topological polar surface area (TPSA) is 120 Å². The molecule has 0 saturated heterocycles. The number of nitrogens with zero attached hydrogens (tertiary/aromatic N) is 2. The average Bonchev–Trinajstić information content (AvgIpc) is 2.45. The predicted molar refractivity (Wildman–Crippen MR) is 37.0 cm³/mol. The third-order valence-electron chi connectivity index (χ3n) is 1.32. The van der Waals surface area contributed by atoms with Crippen molar-refractivity contribution >= 4 is 17.5 Å². The van der Waals surface area contributed by atoms with E-state index in [2.05, 4.69) is 5.10 Å². The van der Waals surface area contributed by atoms with Gasteiger partial charge >= 0.3 is 0 Å². The Kier molecular flexibility index (Phi) is 2.02. The van der Waals surface area contributed by atoms with Gasteiger partial charge < -0.3 is 0 Å². The zero-order valence-electron chi connectivity index (χ0n) is 5.87. The first-order chi connectivity index (χ1) is 5.70. The third kappa shape index (κ3) is 1.11. The molecule has 4 N–H and O–H groups in total. The van der Waals surface area contributed by atoms with Crippen molar-refractivity contribution in [2.24, 2.45) is 16.9 Å². The molecule has 1 rings (SSSR count). The van der Waals surface area contributed by atoms with Gasteiger partial charge in [-0.1, -0.05) is 0 Å². The maximum absolute atomic E-state index is 10.8. The van der Waals surface area contributed by atoms with Crippen LogP contribution in [0.4, 0.5) is 0 Å². The van der Waals surface area contributed by atoms with Gasteiger partial charge in [-0.2, -0.15) is 10.4 Å². The van der Waals surface area contributed by atoms with Crippen molar-refractivity contribution < 1.29 is 9.59 Å². The van der Waals surface area contributed by atoms with E-state index in [1.165, 1.54) is 0 Å². The summed E-state index contributed by atoms with van der Waals surface area (Å²) in [5.74, 6) is 2.28. The van der Waals surface area contributed by atoms with Crippen LogP contribution >= 0.6 is 0 Å². The lowest BCUT2D eigenvalue weighted by atomic mass is 10.1. The summed E-state index contributed by atoms with van der Waals surface area (Å²) in [5, 5.41) is 11.8. The Balaban J connectivity index is 2.87. The summed E-state index contributed by atoms with van der Waals surface area (Å²) in [4.78, 5) is 21.6. The summed E-state index contributed by atoms with van der Waals surface area (Å²) in [6.45, 7) is 0. The molecule has 1 heterocycles. The van der Waals surface area contributed by atoms with Gasteiger partial charge in [0.15, 0.2) is 11.6 Å². The first-order valence-electron chi connectivity index (χ1n) is 2.98. The molecule has 2 amide bonds. The normalized spacial score (nSPS) is 20.8. The lowest BCUT2D eigenvalue weighted by Gasteiger charge is -1.98. The van der Waals surface area contributed by atoms with E-state index in [9.17, 15) is 9.59 Å². The second-order valence-corrected chi connectivity index (χ2v) is 2.01. The molecule has 7 nitrogen and oxygen atoms in total. The number of hydrogen-bond donors (Lipinski definition) is 3. The highest BCUT2D eigenvalue weighted by Gasteiger charge is 2.34. The molecule has 1 atom stereocenters. The summed E-state index contributed by atoms with van der Waals surface area (Å²) < 4.78 is 0. The van der Waals surface area contributed by atoms with Gasteiger partial charge in [-0.3, -0.25) is 15.0 Å². The number of amides is 2.